The second-order valence-electron chi connectivity index (χ2n) is 6.11. The quantitative estimate of drug-likeness (QED) is 0.527. The van der Waals surface area contributed by atoms with Gasteiger partial charge in [0.1, 0.15) is 18.3 Å². The first kappa shape index (κ1) is 15.2. The van der Waals surface area contributed by atoms with Gasteiger partial charge in [-0.05, 0) is 27.7 Å². The Labute approximate surface area is 113 Å². The van der Waals surface area contributed by atoms with Gasteiger partial charge in [-0.3, -0.25) is 0 Å². The van der Waals surface area contributed by atoms with Gasteiger partial charge in [0.25, 0.3) is 0 Å². The van der Waals surface area contributed by atoms with Crippen molar-refractivity contribution in [3.63, 3.8) is 0 Å². The van der Waals surface area contributed by atoms with E-state index in [1.807, 2.05) is 13.8 Å². The number of hydrogen-bond acceptors (Lipinski definition) is 6. The van der Waals surface area contributed by atoms with Crippen molar-refractivity contribution in [1.82, 2.24) is 0 Å². The molecule has 0 radical (unpaired) electrons. The van der Waals surface area contributed by atoms with Crippen LogP contribution in [-0.4, -0.2) is 65.8 Å². The van der Waals surface area contributed by atoms with Crippen molar-refractivity contribution >= 4 is 0 Å². The molecule has 6 heteroatoms. The van der Waals surface area contributed by atoms with Gasteiger partial charge in [-0.25, -0.2) is 0 Å². The predicted octanol–water partition coefficient (Wildman–Crippen LogP) is 0.0537. The van der Waals surface area contributed by atoms with Gasteiger partial charge in [-0.1, -0.05) is 0 Å². The van der Waals surface area contributed by atoms with Crippen LogP contribution in [0.3, 0.4) is 0 Å². The van der Waals surface area contributed by atoms with Gasteiger partial charge in [0, 0.05) is 7.11 Å². The lowest BCUT2D eigenvalue weighted by Gasteiger charge is -2.33. The van der Waals surface area contributed by atoms with Crippen LogP contribution in [0.1, 0.15) is 27.7 Å². The highest BCUT2D eigenvalue weighted by atomic mass is 16.7. The topological polar surface area (TPSA) is 80.7 Å². The third-order valence-electron chi connectivity index (χ3n) is 4.17. The maximum atomic E-state index is 10.4. The first-order chi connectivity index (χ1) is 8.70. The van der Waals surface area contributed by atoms with Gasteiger partial charge >= 0.3 is 0 Å². The van der Waals surface area contributed by atoms with Gasteiger partial charge in [0.2, 0.25) is 0 Å². The number of hydrogen-bond donors (Lipinski definition) is 2. The molecule has 0 bridgehead atoms. The lowest BCUT2D eigenvalue weighted by Crippen LogP contribution is -2.50. The Morgan fingerprint density at radius 1 is 1.32 bits per heavy atom. The van der Waals surface area contributed by atoms with Crippen LogP contribution in [0.15, 0.2) is 0 Å². The zero-order valence-corrected chi connectivity index (χ0v) is 12.2. The molecule has 6 nitrogen and oxygen atoms in total. The Morgan fingerprint density at radius 2 is 1.95 bits per heavy atom. The van der Waals surface area contributed by atoms with E-state index in [4.69, 9.17) is 18.9 Å². The molecule has 0 aromatic carbocycles. The summed E-state index contributed by atoms with van der Waals surface area (Å²) in [4.78, 5) is 0. The molecule has 2 aliphatic rings. The summed E-state index contributed by atoms with van der Waals surface area (Å²) in [5, 5.41) is 19.6. The highest BCUT2D eigenvalue weighted by molar-refractivity contribution is 5.24. The minimum atomic E-state index is -0.835. The number of methoxy groups -OCH3 is 1. The molecule has 19 heavy (non-hydrogen) atoms. The van der Waals surface area contributed by atoms with E-state index in [1.165, 1.54) is 0 Å². The minimum Gasteiger partial charge on any atom is -0.394 e. The van der Waals surface area contributed by atoms with E-state index in [9.17, 15) is 10.2 Å². The molecule has 2 fully saturated rings. The van der Waals surface area contributed by atoms with Gasteiger partial charge in [0.05, 0.1) is 18.8 Å². The number of ether oxygens (including phenoxy) is 4. The average molecular weight is 276 g/mol. The smallest absolute Gasteiger partial charge is 0.162 e. The van der Waals surface area contributed by atoms with Crippen LogP contribution >= 0.6 is 0 Å². The highest BCUT2D eigenvalue weighted by Gasteiger charge is 2.77. The summed E-state index contributed by atoms with van der Waals surface area (Å²) in [7, 11) is 1.55. The summed E-state index contributed by atoms with van der Waals surface area (Å²) in [6, 6.07) is 0. The standard InChI is InChI=1S/C13H24O6/c1-11(2)13(10(19-13)8(6-14)18-11)9(15)7-17-12(3,4)16-5/h8-10,14-15H,6-7H2,1-5H3/t8?,9?,10-,13-/m1/s1. The molecule has 0 amide bonds. The monoisotopic (exact) mass is 276 g/mol. The Balaban J connectivity index is 2.02. The van der Waals surface area contributed by atoms with Crippen molar-refractivity contribution in [1.29, 1.82) is 0 Å². The normalized spacial score (nSPS) is 38.1. The average Bonchev–Trinajstić information content (AvgIpc) is 3.06. The molecule has 2 aliphatic heterocycles. The van der Waals surface area contributed by atoms with Crippen LogP contribution in [0.5, 0.6) is 0 Å². The molecule has 2 unspecified atom stereocenters. The van der Waals surface area contributed by atoms with E-state index in [0.29, 0.717) is 0 Å². The first-order valence-corrected chi connectivity index (χ1v) is 6.54. The van der Waals surface area contributed by atoms with Gasteiger partial charge in [0.15, 0.2) is 11.4 Å². The zero-order chi connectivity index (χ0) is 14.5. The lowest BCUT2D eigenvalue weighted by atomic mass is 9.84. The van der Waals surface area contributed by atoms with Crippen LogP contribution in [0, 0.1) is 0 Å². The van der Waals surface area contributed by atoms with Crippen molar-refractivity contribution < 1.29 is 29.2 Å². The molecular formula is C13H24O6. The Hall–Kier alpha value is -0.240. The van der Waals surface area contributed by atoms with Crippen LogP contribution in [0.4, 0.5) is 0 Å². The first-order valence-electron chi connectivity index (χ1n) is 6.54. The van der Waals surface area contributed by atoms with E-state index < -0.39 is 23.1 Å². The Bertz CT molecular complexity index is 342. The summed E-state index contributed by atoms with van der Waals surface area (Å²) in [6.07, 6.45) is -1.50. The van der Waals surface area contributed by atoms with Crippen molar-refractivity contribution in [2.24, 2.45) is 0 Å². The van der Waals surface area contributed by atoms with Crippen LogP contribution in [0.25, 0.3) is 0 Å². The number of fused-ring (bicyclic) bond motifs is 1. The molecule has 2 rings (SSSR count). The molecule has 0 saturated carbocycles. The molecule has 0 aliphatic carbocycles. The lowest BCUT2D eigenvalue weighted by molar-refractivity contribution is -0.221. The molecule has 0 spiro atoms. The van der Waals surface area contributed by atoms with Crippen molar-refractivity contribution in [3.05, 3.63) is 0 Å². The summed E-state index contributed by atoms with van der Waals surface area (Å²) >= 11 is 0. The van der Waals surface area contributed by atoms with Crippen molar-refractivity contribution in [3.8, 4) is 0 Å². The Kier molecular flexibility index (Phi) is 3.71. The molecule has 0 aromatic heterocycles. The zero-order valence-electron chi connectivity index (χ0n) is 12.2. The van der Waals surface area contributed by atoms with E-state index in [-0.39, 0.29) is 25.4 Å². The maximum absolute atomic E-state index is 10.4. The molecule has 4 atom stereocenters. The van der Waals surface area contributed by atoms with Crippen LogP contribution in [0.2, 0.25) is 0 Å². The third-order valence-corrected chi connectivity index (χ3v) is 4.17. The van der Waals surface area contributed by atoms with Gasteiger partial charge in [-0.2, -0.15) is 0 Å². The second-order valence-corrected chi connectivity index (χ2v) is 6.11. The van der Waals surface area contributed by atoms with E-state index in [0.717, 1.165) is 0 Å². The van der Waals surface area contributed by atoms with E-state index in [1.54, 1.807) is 21.0 Å². The number of epoxide rings is 1. The predicted molar refractivity (Wildman–Crippen MR) is 66.7 cm³/mol. The summed E-state index contributed by atoms with van der Waals surface area (Å²) < 4.78 is 22.1. The van der Waals surface area contributed by atoms with E-state index in [2.05, 4.69) is 0 Å². The molecule has 112 valence electrons. The molecule has 0 aromatic rings. The second kappa shape index (κ2) is 4.65. The largest absolute Gasteiger partial charge is 0.394 e. The molecule has 2 saturated heterocycles. The fourth-order valence-electron chi connectivity index (χ4n) is 2.81. The SMILES string of the molecule is COC(C)(C)OCC(O)[C@@]12O[C@@H]1C(CO)OC2(C)C. The van der Waals surface area contributed by atoms with Crippen molar-refractivity contribution in [2.45, 2.75) is 63.0 Å². The van der Waals surface area contributed by atoms with Gasteiger partial charge < -0.3 is 29.2 Å². The summed E-state index contributed by atoms with van der Waals surface area (Å²) in [5.41, 5.74) is -1.46. The molecule has 2 N–H and O–H groups in total. The van der Waals surface area contributed by atoms with Crippen molar-refractivity contribution in [2.75, 3.05) is 20.3 Å². The minimum absolute atomic E-state index is 0.0856. The third kappa shape index (κ3) is 2.30. The van der Waals surface area contributed by atoms with Gasteiger partial charge in [-0.15, -0.1) is 0 Å². The van der Waals surface area contributed by atoms with Crippen LogP contribution in [-0.2, 0) is 18.9 Å². The number of rotatable bonds is 6. The Morgan fingerprint density at radius 3 is 2.37 bits per heavy atom. The maximum Gasteiger partial charge on any atom is 0.162 e. The number of aliphatic hydroxyl groups is 2. The molecular weight excluding hydrogens is 252 g/mol. The van der Waals surface area contributed by atoms with E-state index >= 15 is 0 Å². The fraction of sp³-hybridized carbons (Fsp3) is 1.00. The fourth-order valence-corrected chi connectivity index (χ4v) is 2.81. The summed E-state index contributed by atoms with van der Waals surface area (Å²) in [5.74, 6) is -0.762. The molecule has 2 heterocycles. The highest BCUT2D eigenvalue weighted by Crippen LogP contribution is 2.57. The van der Waals surface area contributed by atoms with Crippen LogP contribution < -0.4 is 0 Å². The summed E-state index contributed by atoms with van der Waals surface area (Å²) in [6.45, 7) is 7.22. The number of aliphatic hydroxyl groups excluding tert-OH is 2.